The predicted octanol–water partition coefficient (Wildman–Crippen LogP) is 0.301. The zero-order chi connectivity index (χ0) is 11.8. The first-order chi connectivity index (χ1) is 6.91. The third kappa shape index (κ3) is 8.29. The van der Waals surface area contributed by atoms with E-state index in [9.17, 15) is 19.2 Å². The van der Waals surface area contributed by atoms with Gasteiger partial charge in [0, 0.05) is 0 Å². The lowest BCUT2D eigenvalue weighted by Crippen LogP contribution is -2.00. The summed E-state index contributed by atoms with van der Waals surface area (Å²) in [7, 11) is 0. The summed E-state index contributed by atoms with van der Waals surface area (Å²) in [6.07, 6.45) is 4.65. The van der Waals surface area contributed by atoms with Crippen molar-refractivity contribution in [3.8, 4) is 0 Å². The van der Waals surface area contributed by atoms with Crippen LogP contribution in [0.3, 0.4) is 0 Å². The molecule has 1 aliphatic rings. The standard InChI is InChI=1S/C6H4O2.C4H6O3/c7-5-1-2-6(8)4-3-5;1-3(5)2-4(6)7/h1-4H;2H2,1H3,(H,6,7). The zero-order valence-corrected chi connectivity index (χ0v) is 8.10. The maximum absolute atomic E-state index is 10.3. The van der Waals surface area contributed by atoms with Gasteiger partial charge in [-0.1, -0.05) is 0 Å². The van der Waals surface area contributed by atoms with Crippen LogP contribution >= 0.6 is 0 Å². The van der Waals surface area contributed by atoms with Gasteiger partial charge in [0.1, 0.15) is 12.2 Å². The highest BCUT2D eigenvalue weighted by atomic mass is 16.4. The van der Waals surface area contributed by atoms with Gasteiger partial charge in [0.05, 0.1) is 0 Å². The van der Waals surface area contributed by atoms with Crippen LogP contribution in [0.1, 0.15) is 13.3 Å². The van der Waals surface area contributed by atoms with Gasteiger partial charge < -0.3 is 5.11 Å². The quantitative estimate of drug-likeness (QED) is 0.523. The van der Waals surface area contributed by atoms with Crippen molar-refractivity contribution in [1.82, 2.24) is 0 Å². The van der Waals surface area contributed by atoms with Crippen LogP contribution in [0, 0.1) is 0 Å². The van der Waals surface area contributed by atoms with Gasteiger partial charge in [-0.05, 0) is 31.2 Å². The van der Waals surface area contributed by atoms with E-state index in [1.165, 1.54) is 31.2 Å². The number of ketones is 3. The lowest BCUT2D eigenvalue weighted by Gasteiger charge is -1.87. The second-order valence-corrected chi connectivity index (χ2v) is 2.74. The van der Waals surface area contributed by atoms with Crippen LogP contribution in [0.4, 0.5) is 0 Å². The Labute approximate surface area is 86.1 Å². The summed E-state index contributed by atoms with van der Waals surface area (Å²) in [6.45, 7) is 1.24. The number of allylic oxidation sites excluding steroid dienone is 4. The summed E-state index contributed by atoms with van der Waals surface area (Å²) in [4.78, 5) is 40.0. The van der Waals surface area contributed by atoms with Crippen LogP contribution in [0.2, 0.25) is 0 Å². The molecule has 0 aliphatic heterocycles. The van der Waals surface area contributed by atoms with Crippen molar-refractivity contribution >= 4 is 23.3 Å². The molecule has 0 saturated carbocycles. The Hall–Kier alpha value is -2.04. The van der Waals surface area contributed by atoms with E-state index in [-0.39, 0.29) is 23.8 Å². The Kier molecular flexibility index (Phi) is 5.55. The molecule has 1 N–H and O–H groups in total. The summed E-state index contributed by atoms with van der Waals surface area (Å²) >= 11 is 0. The van der Waals surface area contributed by atoms with Crippen molar-refractivity contribution in [2.75, 3.05) is 0 Å². The summed E-state index contributed by atoms with van der Waals surface area (Å²) in [5.74, 6) is -1.62. The Morgan fingerprint density at radius 1 is 1.07 bits per heavy atom. The van der Waals surface area contributed by atoms with Crippen LogP contribution in [-0.2, 0) is 19.2 Å². The van der Waals surface area contributed by atoms with Gasteiger partial charge in [-0.25, -0.2) is 0 Å². The molecule has 0 radical (unpaired) electrons. The number of carboxylic acids is 1. The molecule has 1 aliphatic carbocycles. The van der Waals surface area contributed by atoms with E-state index >= 15 is 0 Å². The van der Waals surface area contributed by atoms with Crippen LogP contribution in [0.5, 0.6) is 0 Å². The van der Waals surface area contributed by atoms with E-state index in [1.54, 1.807) is 0 Å². The largest absolute Gasteiger partial charge is 0.481 e. The Morgan fingerprint density at radius 2 is 1.40 bits per heavy atom. The van der Waals surface area contributed by atoms with E-state index in [2.05, 4.69) is 0 Å². The number of Topliss-reactive ketones (excluding diaryl/α,β-unsaturated/α-hetero) is 1. The monoisotopic (exact) mass is 210 g/mol. The molecular weight excluding hydrogens is 200 g/mol. The number of carboxylic acid groups (broad SMARTS) is 1. The number of carbonyl (C=O) groups is 4. The summed E-state index contributed by atoms with van der Waals surface area (Å²) < 4.78 is 0. The molecule has 0 unspecified atom stereocenters. The minimum Gasteiger partial charge on any atom is -0.481 e. The zero-order valence-electron chi connectivity index (χ0n) is 8.10. The highest BCUT2D eigenvalue weighted by molar-refractivity contribution is 6.14. The highest BCUT2D eigenvalue weighted by Gasteiger charge is 1.98. The number of aliphatic carboxylic acids is 1. The Balaban J connectivity index is 0.000000265. The van der Waals surface area contributed by atoms with Crippen molar-refractivity contribution in [3.63, 3.8) is 0 Å². The van der Waals surface area contributed by atoms with Gasteiger partial charge in [0.15, 0.2) is 11.6 Å². The molecule has 0 fully saturated rings. The first-order valence-corrected chi connectivity index (χ1v) is 4.07. The summed E-state index contributed by atoms with van der Waals surface area (Å²) in [6, 6.07) is 0. The van der Waals surface area contributed by atoms with Crippen molar-refractivity contribution in [2.24, 2.45) is 0 Å². The molecule has 0 amide bonds. The Bertz CT molecular complexity index is 299. The van der Waals surface area contributed by atoms with E-state index in [0.717, 1.165) is 0 Å². The van der Waals surface area contributed by atoms with E-state index < -0.39 is 5.97 Å². The van der Waals surface area contributed by atoms with Crippen molar-refractivity contribution in [3.05, 3.63) is 24.3 Å². The number of hydrogen-bond donors (Lipinski definition) is 1. The first-order valence-electron chi connectivity index (χ1n) is 4.07. The summed E-state index contributed by atoms with van der Waals surface area (Å²) in [5, 5.41) is 7.86. The molecule has 5 heteroatoms. The van der Waals surface area contributed by atoms with Crippen molar-refractivity contribution < 1.29 is 24.3 Å². The minimum atomic E-state index is -1.06. The van der Waals surface area contributed by atoms with Gasteiger partial charge in [-0.2, -0.15) is 0 Å². The number of carbonyl (C=O) groups excluding carboxylic acids is 3. The molecule has 0 atom stereocenters. The molecule has 0 aromatic heterocycles. The van der Waals surface area contributed by atoms with Gasteiger partial charge in [0.2, 0.25) is 0 Å². The number of hydrogen-bond acceptors (Lipinski definition) is 4. The fourth-order valence-electron chi connectivity index (χ4n) is 0.653. The lowest BCUT2D eigenvalue weighted by molar-refractivity contribution is -0.139. The van der Waals surface area contributed by atoms with Crippen molar-refractivity contribution in [2.45, 2.75) is 13.3 Å². The van der Waals surface area contributed by atoms with Crippen LogP contribution in [0.15, 0.2) is 24.3 Å². The first kappa shape index (κ1) is 13.0. The topological polar surface area (TPSA) is 88.5 Å². The molecule has 0 spiro atoms. The fraction of sp³-hybridized carbons (Fsp3) is 0.200. The van der Waals surface area contributed by atoms with Gasteiger partial charge in [-0.15, -0.1) is 0 Å². The van der Waals surface area contributed by atoms with E-state index in [4.69, 9.17) is 5.11 Å². The minimum absolute atomic E-state index is 0.121. The fourth-order valence-corrected chi connectivity index (χ4v) is 0.653. The third-order valence-electron chi connectivity index (χ3n) is 1.22. The molecule has 0 bridgehead atoms. The van der Waals surface area contributed by atoms with E-state index in [1.807, 2.05) is 0 Å². The van der Waals surface area contributed by atoms with Gasteiger partial charge in [-0.3, -0.25) is 19.2 Å². The van der Waals surface area contributed by atoms with Gasteiger partial charge in [0.25, 0.3) is 0 Å². The molecule has 15 heavy (non-hydrogen) atoms. The third-order valence-corrected chi connectivity index (χ3v) is 1.22. The maximum atomic E-state index is 10.3. The molecule has 0 heterocycles. The smallest absolute Gasteiger partial charge is 0.310 e. The SMILES string of the molecule is CC(=O)CC(=O)O.O=C1C=CC(=O)C=C1. The average Bonchev–Trinajstić information content (AvgIpc) is 2.09. The molecule has 0 aromatic carbocycles. The summed E-state index contributed by atoms with van der Waals surface area (Å²) in [5.41, 5.74) is 0. The average molecular weight is 210 g/mol. The normalized spacial score (nSPS) is 13.1. The van der Waals surface area contributed by atoms with Crippen LogP contribution < -0.4 is 0 Å². The highest BCUT2D eigenvalue weighted by Crippen LogP contribution is 1.90. The molecule has 0 aromatic rings. The maximum Gasteiger partial charge on any atom is 0.310 e. The lowest BCUT2D eigenvalue weighted by atomic mass is 10.2. The molecule has 80 valence electrons. The van der Waals surface area contributed by atoms with Crippen molar-refractivity contribution in [1.29, 1.82) is 0 Å². The molecule has 0 saturated heterocycles. The Morgan fingerprint density at radius 3 is 1.53 bits per heavy atom. The number of rotatable bonds is 2. The second kappa shape index (κ2) is 6.42. The molecule has 1 rings (SSSR count). The van der Waals surface area contributed by atoms with Gasteiger partial charge >= 0.3 is 5.97 Å². The van der Waals surface area contributed by atoms with Crippen LogP contribution in [-0.4, -0.2) is 28.4 Å². The van der Waals surface area contributed by atoms with Crippen LogP contribution in [0.25, 0.3) is 0 Å². The second-order valence-electron chi connectivity index (χ2n) is 2.74. The predicted molar refractivity (Wildman–Crippen MR) is 51.2 cm³/mol. The van der Waals surface area contributed by atoms with E-state index in [0.29, 0.717) is 0 Å². The molecular formula is C10H10O5. The molecule has 5 nitrogen and oxygen atoms in total.